The number of hydrogen-bond donors (Lipinski definition) is 2. The molecule has 1 aromatic rings. The predicted octanol–water partition coefficient (Wildman–Crippen LogP) is 2.72. The lowest BCUT2D eigenvalue weighted by Gasteiger charge is -2.31. The van der Waals surface area contributed by atoms with Crippen LogP contribution in [0.3, 0.4) is 0 Å². The highest BCUT2D eigenvalue weighted by atomic mass is 16.3. The van der Waals surface area contributed by atoms with Gasteiger partial charge in [-0.25, -0.2) is 0 Å². The number of nitrogens with one attached hydrogen (secondary N) is 1. The minimum absolute atomic E-state index is 0.107. The van der Waals surface area contributed by atoms with Crippen LogP contribution in [0.25, 0.3) is 0 Å². The van der Waals surface area contributed by atoms with Crippen molar-refractivity contribution in [3.8, 4) is 0 Å². The van der Waals surface area contributed by atoms with E-state index in [1.165, 1.54) is 24.1 Å². The van der Waals surface area contributed by atoms with Gasteiger partial charge in [0.25, 0.3) is 0 Å². The van der Waals surface area contributed by atoms with Gasteiger partial charge in [-0.15, -0.1) is 0 Å². The van der Waals surface area contributed by atoms with Crippen LogP contribution in [0.1, 0.15) is 45.1 Å². The van der Waals surface area contributed by atoms with Crippen LogP contribution in [0.4, 0.5) is 5.69 Å². The number of benzene rings is 1. The van der Waals surface area contributed by atoms with Gasteiger partial charge in [0.2, 0.25) is 0 Å². The van der Waals surface area contributed by atoms with Gasteiger partial charge in [0.15, 0.2) is 0 Å². The Labute approximate surface area is 128 Å². The lowest BCUT2D eigenvalue weighted by Crippen LogP contribution is -2.47. The van der Waals surface area contributed by atoms with Crippen LogP contribution < -0.4 is 10.2 Å². The van der Waals surface area contributed by atoms with E-state index in [0.29, 0.717) is 12.1 Å². The Kier molecular flexibility index (Phi) is 4.23. The average Bonchev–Trinajstić information content (AvgIpc) is 3.22. The second kappa shape index (κ2) is 5.98. The smallest absolute Gasteiger partial charge is 0.0610 e. The molecule has 1 heterocycles. The Bertz CT molecular complexity index is 486. The monoisotopic (exact) mass is 288 g/mol. The van der Waals surface area contributed by atoms with Gasteiger partial charge in [-0.3, -0.25) is 0 Å². The molecule has 0 radical (unpaired) electrons. The largest absolute Gasteiger partial charge is 0.394 e. The Morgan fingerprint density at radius 1 is 1.33 bits per heavy atom. The molecule has 1 saturated carbocycles. The number of anilines is 1. The maximum Gasteiger partial charge on any atom is 0.0610 e. The lowest BCUT2D eigenvalue weighted by molar-refractivity contribution is 0.162. The highest BCUT2D eigenvalue weighted by molar-refractivity contribution is 5.59. The average molecular weight is 288 g/mol. The van der Waals surface area contributed by atoms with E-state index in [-0.39, 0.29) is 12.1 Å². The van der Waals surface area contributed by atoms with E-state index < -0.39 is 0 Å². The Morgan fingerprint density at radius 2 is 2.10 bits per heavy atom. The van der Waals surface area contributed by atoms with E-state index in [2.05, 4.69) is 48.3 Å². The van der Waals surface area contributed by atoms with Crippen molar-refractivity contribution in [2.45, 2.75) is 63.6 Å². The zero-order valence-electron chi connectivity index (χ0n) is 13.3. The molecule has 21 heavy (non-hydrogen) atoms. The summed E-state index contributed by atoms with van der Waals surface area (Å²) >= 11 is 0. The number of aliphatic hydroxyl groups excluding tert-OH is 1. The molecule has 2 aliphatic rings. The molecule has 1 fully saturated rings. The van der Waals surface area contributed by atoms with Crippen LogP contribution in [-0.4, -0.2) is 35.9 Å². The zero-order valence-corrected chi connectivity index (χ0v) is 13.3. The summed E-state index contributed by atoms with van der Waals surface area (Å²) in [6.45, 7) is 5.79. The molecule has 1 aliphatic heterocycles. The first kappa shape index (κ1) is 14.9. The standard InChI is InChI=1S/C18H28N2O/c1-14-12-15-6-3-4-7-17(15)20(14)11-5-10-18(2,13-21)19-16-8-9-16/h3-4,6-7,14,16,19,21H,5,8-13H2,1-2H3. The van der Waals surface area contributed by atoms with Gasteiger partial charge in [-0.2, -0.15) is 0 Å². The summed E-state index contributed by atoms with van der Waals surface area (Å²) in [5.41, 5.74) is 2.78. The van der Waals surface area contributed by atoms with Gasteiger partial charge >= 0.3 is 0 Å². The molecule has 0 amide bonds. The molecule has 0 bridgehead atoms. The van der Waals surface area contributed by atoms with E-state index in [1.807, 2.05) is 0 Å². The molecule has 3 rings (SSSR count). The molecular formula is C18H28N2O. The van der Waals surface area contributed by atoms with Crippen molar-refractivity contribution in [1.29, 1.82) is 0 Å². The molecule has 2 N–H and O–H groups in total. The summed E-state index contributed by atoms with van der Waals surface area (Å²) < 4.78 is 0. The molecule has 3 heteroatoms. The van der Waals surface area contributed by atoms with Crippen molar-refractivity contribution < 1.29 is 5.11 Å². The van der Waals surface area contributed by atoms with E-state index in [4.69, 9.17) is 0 Å². The Morgan fingerprint density at radius 3 is 2.81 bits per heavy atom. The second-order valence-corrected chi connectivity index (χ2v) is 7.12. The maximum atomic E-state index is 9.69. The Balaban J connectivity index is 1.55. The minimum Gasteiger partial charge on any atom is -0.394 e. The molecule has 1 aromatic carbocycles. The first-order chi connectivity index (χ1) is 10.1. The van der Waals surface area contributed by atoms with Crippen LogP contribution in [0.5, 0.6) is 0 Å². The second-order valence-electron chi connectivity index (χ2n) is 7.12. The molecule has 2 atom stereocenters. The fraction of sp³-hybridized carbons (Fsp3) is 0.667. The van der Waals surface area contributed by atoms with Crippen LogP contribution in [0.15, 0.2) is 24.3 Å². The van der Waals surface area contributed by atoms with Gasteiger partial charge in [-0.05, 0) is 57.6 Å². The summed E-state index contributed by atoms with van der Waals surface area (Å²) in [5.74, 6) is 0. The highest BCUT2D eigenvalue weighted by Crippen LogP contribution is 2.32. The summed E-state index contributed by atoms with van der Waals surface area (Å²) in [6.07, 6.45) is 5.85. The highest BCUT2D eigenvalue weighted by Gasteiger charge is 2.32. The zero-order chi connectivity index (χ0) is 14.9. The van der Waals surface area contributed by atoms with Gasteiger partial charge < -0.3 is 15.3 Å². The van der Waals surface area contributed by atoms with E-state index >= 15 is 0 Å². The third-order valence-corrected chi connectivity index (χ3v) is 4.95. The number of fused-ring (bicyclic) bond motifs is 1. The van der Waals surface area contributed by atoms with Crippen molar-refractivity contribution in [2.24, 2.45) is 0 Å². The van der Waals surface area contributed by atoms with Crippen molar-refractivity contribution in [3.63, 3.8) is 0 Å². The minimum atomic E-state index is -0.107. The molecular weight excluding hydrogens is 260 g/mol. The van der Waals surface area contributed by atoms with Gasteiger partial charge in [0.05, 0.1) is 6.61 Å². The first-order valence-electron chi connectivity index (χ1n) is 8.34. The van der Waals surface area contributed by atoms with Crippen molar-refractivity contribution in [2.75, 3.05) is 18.1 Å². The SMILES string of the molecule is CC1Cc2ccccc2N1CCCC(C)(CO)NC1CC1. The summed E-state index contributed by atoms with van der Waals surface area (Å²) in [5, 5.41) is 13.3. The topological polar surface area (TPSA) is 35.5 Å². The number of aliphatic hydroxyl groups is 1. The molecule has 2 unspecified atom stereocenters. The van der Waals surface area contributed by atoms with E-state index in [0.717, 1.165) is 25.8 Å². The van der Waals surface area contributed by atoms with Crippen LogP contribution in [0, 0.1) is 0 Å². The normalized spacial score (nSPS) is 24.0. The fourth-order valence-corrected chi connectivity index (χ4v) is 3.53. The van der Waals surface area contributed by atoms with Gasteiger partial charge in [0, 0.05) is 29.9 Å². The van der Waals surface area contributed by atoms with E-state index in [1.54, 1.807) is 0 Å². The molecule has 0 aromatic heterocycles. The third kappa shape index (κ3) is 3.41. The number of nitrogens with zero attached hydrogens (tertiary/aromatic N) is 1. The fourth-order valence-electron chi connectivity index (χ4n) is 3.53. The maximum absolute atomic E-state index is 9.69. The summed E-state index contributed by atoms with van der Waals surface area (Å²) in [7, 11) is 0. The van der Waals surface area contributed by atoms with Crippen molar-refractivity contribution >= 4 is 5.69 Å². The van der Waals surface area contributed by atoms with Crippen molar-refractivity contribution in [1.82, 2.24) is 5.32 Å². The molecule has 116 valence electrons. The molecule has 1 aliphatic carbocycles. The lowest BCUT2D eigenvalue weighted by atomic mass is 9.96. The quantitative estimate of drug-likeness (QED) is 0.810. The number of rotatable bonds is 7. The van der Waals surface area contributed by atoms with Crippen LogP contribution in [-0.2, 0) is 6.42 Å². The van der Waals surface area contributed by atoms with Gasteiger partial charge in [-0.1, -0.05) is 18.2 Å². The number of para-hydroxylation sites is 1. The third-order valence-electron chi connectivity index (χ3n) is 4.95. The van der Waals surface area contributed by atoms with Crippen LogP contribution >= 0.6 is 0 Å². The van der Waals surface area contributed by atoms with E-state index in [9.17, 15) is 5.11 Å². The predicted molar refractivity (Wildman–Crippen MR) is 87.8 cm³/mol. The molecule has 0 spiro atoms. The van der Waals surface area contributed by atoms with Crippen LogP contribution in [0.2, 0.25) is 0 Å². The summed E-state index contributed by atoms with van der Waals surface area (Å²) in [4.78, 5) is 2.53. The summed E-state index contributed by atoms with van der Waals surface area (Å²) in [6, 6.07) is 10.0. The molecule has 0 saturated heterocycles. The molecule has 3 nitrogen and oxygen atoms in total. The Hall–Kier alpha value is -1.06. The van der Waals surface area contributed by atoms with Gasteiger partial charge in [0.1, 0.15) is 0 Å². The van der Waals surface area contributed by atoms with Crippen molar-refractivity contribution in [3.05, 3.63) is 29.8 Å². The number of hydrogen-bond acceptors (Lipinski definition) is 3. The first-order valence-corrected chi connectivity index (χ1v) is 8.34.